The van der Waals surface area contributed by atoms with Crippen LogP contribution in [0.5, 0.6) is 0 Å². The lowest BCUT2D eigenvalue weighted by Crippen LogP contribution is -2.48. The molecule has 2 heterocycles. The number of fused-ring (bicyclic) bond motifs is 1. The molecule has 1 aliphatic heterocycles. The van der Waals surface area contributed by atoms with Crippen LogP contribution in [0.25, 0.3) is 10.2 Å². The maximum absolute atomic E-state index is 12.6. The number of sulfonamides is 1. The van der Waals surface area contributed by atoms with Gasteiger partial charge in [-0.1, -0.05) is 47.2 Å². The summed E-state index contributed by atoms with van der Waals surface area (Å²) in [5, 5.41) is 4.62. The SMILES string of the molecule is Cl.O=C(NCCN1CCN(c2nc3c(Cl)cccc3s2)CC1)c1ccc(NS(=O)(=O)c2ccccc2)cc1. The summed E-state index contributed by atoms with van der Waals surface area (Å²) in [4.78, 5) is 22.1. The zero-order valence-electron chi connectivity index (χ0n) is 20.3. The molecule has 38 heavy (non-hydrogen) atoms. The van der Waals surface area contributed by atoms with Crippen LogP contribution in [0, 0.1) is 0 Å². The minimum atomic E-state index is -3.67. The number of rotatable bonds is 8. The summed E-state index contributed by atoms with van der Waals surface area (Å²) in [6.07, 6.45) is 0. The second kappa shape index (κ2) is 12.3. The number of carbonyl (C=O) groups excluding carboxylic acids is 1. The fraction of sp³-hybridized carbons (Fsp3) is 0.231. The molecule has 12 heteroatoms. The Labute approximate surface area is 237 Å². The van der Waals surface area contributed by atoms with Gasteiger partial charge >= 0.3 is 0 Å². The molecule has 1 aliphatic rings. The number of benzene rings is 3. The maximum Gasteiger partial charge on any atom is 0.261 e. The van der Waals surface area contributed by atoms with E-state index < -0.39 is 10.0 Å². The molecule has 3 aromatic carbocycles. The van der Waals surface area contributed by atoms with Gasteiger partial charge in [0.05, 0.1) is 14.6 Å². The molecule has 0 radical (unpaired) electrons. The van der Waals surface area contributed by atoms with Crippen molar-refractivity contribution in [2.24, 2.45) is 0 Å². The van der Waals surface area contributed by atoms with E-state index in [4.69, 9.17) is 16.6 Å². The van der Waals surface area contributed by atoms with Crippen LogP contribution in [0.3, 0.4) is 0 Å². The number of amides is 1. The third-order valence-corrected chi connectivity index (χ3v) is 8.95. The van der Waals surface area contributed by atoms with Crippen molar-refractivity contribution in [3.63, 3.8) is 0 Å². The Hall–Kier alpha value is -2.89. The second-order valence-electron chi connectivity index (χ2n) is 8.66. The molecule has 4 aromatic rings. The van der Waals surface area contributed by atoms with Crippen molar-refractivity contribution in [3.05, 3.63) is 83.4 Å². The minimum Gasteiger partial charge on any atom is -0.351 e. The molecule has 1 fully saturated rings. The lowest BCUT2D eigenvalue weighted by molar-refractivity contribution is 0.0948. The van der Waals surface area contributed by atoms with Crippen LogP contribution in [0.1, 0.15) is 10.4 Å². The van der Waals surface area contributed by atoms with Crippen molar-refractivity contribution >= 4 is 72.3 Å². The van der Waals surface area contributed by atoms with Gasteiger partial charge in [0.25, 0.3) is 15.9 Å². The standard InChI is InChI=1S/C26H26ClN5O3S2.ClH/c27-22-7-4-8-23-24(22)29-26(36-23)32-17-15-31(16-18-32)14-13-28-25(33)19-9-11-20(12-10-19)30-37(34,35)21-5-2-1-3-6-21;/h1-12,30H,13-18H2,(H,28,33);1H. The third-order valence-electron chi connectivity index (χ3n) is 6.17. The summed E-state index contributed by atoms with van der Waals surface area (Å²) in [5.74, 6) is -0.192. The number of anilines is 2. The summed E-state index contributed by atoms with van der Waals surface area (Å²) in [6, 6.07) is 20.4. The van der Waals surface area contributed by atoms with E-state index in [0.29, 0.717) is 22.8 Å². The fourth-order valence-corrected chi connectivity index (χ4v) is 6.53. The predicted octanol–water partition coefficient (Wildman–Crippen LogP) is 4.72. The lowest BCUT2D eigenvalue weighted by atomic mass is 10.2. The van der Waals surface area contributed by atoms with E-state index >= 15 is 0 Å². The average molecular weight is 593 g/mol. The number of hydrogen-bond acceptors (Lipinski definition) is 7. The molecular formula is C26H27Cl2N5O3S2. The number of aromatic nitrogens is 1. The number of thiazole rings is 1. The van der Waals surface area contributed by atoms with E-state index in [-0.39, 0.29) is 23.2 Å². The summed E-state index contributed by atoms with van der Waals surface area (Å²) >= 11 is 7.93. The van der Waals surface area contributed by atoms with E-state index in [2.05, 4.69) is 19.8 Å². The quantitative estimate of drug-likeness (QED) is 0.308. The van der Waals surface area contributed by atoms with Crippen LogP contribution < -0.4 is 14.9 Å². The van der Waals surface area contributed by atoms with Gasteiger partial charge in [-0.3, -0.25) is 14.4 Å². The summed E-state index contributed by atoms with van der Waals surface area (Å²) in [6.45, 7) is 4.78. The van der Waals surface area contributed by atoms with Crippen LogP contribution in [0.2, 0.25) is 5.02 Å². The first-order valence-electron chi connectivity index (χ1n) is 11.9. The third kappa shape index (κ3) is 6.57. The molecule has 0 saturated carbocycles. The lowest BCUT2D eigenvalue weighted by Gasteiger charge is -2.34. The minimum absolute atomic E-state index is 0. The van der Waals surface area contributed by atoms with Crippen molar-refractivity contribution in [1.29, 1.82) is 0 Å². The Kier molecular flexibility index (Phi) is 9.11. The molecule has 1 saturated heterocycles. The first kappa shape index (κ1) is 28.1. The normalized spacial score (nSPS) is 14.2. The van der Waals surface area contributed by atoms with E-state index in [1.165, 1.54) is 12.1 Å². The van der Waals surface area contributed by atoms with Gasteiger partial charge in [-0.25, -0.2) is 13.4 Å². The largest absolute Gasteiger partial charge is 0.351 e. The second-order valence-corrected chi connectivity index (χ2v) is 11.8. The molecule has 5 rings (SSSR count). The zero-order chi connectivity index (χ0) is 25.8. The maximum atomic E-state index is 12.6. The van der Waals surface area contributed by atoms with Gasteiger partial charge in [-0.15, -0.1) is 12.4 Å². The number of hydrogen-bond donors (Lipinski definition) is 2. The van der Waals surface area contributed by atoms with Gasteiger partial charge in [0.15, 0.2) is 5.13 Å². The first-order chi connectivity index (χ1) is 17.9. The highest BCUT2D eigenvalue weighted by molar-refractivity contribution is 7.92. The molecular weight excluding hydrogens is 565 g/mol. The van der Waals surface area contributed by atoms with Crippen LogP contribution in [-0.4, -0.2) is 63.5 Å². The van der Waals surface area contributed by atoms with E-state index in [0.717, 1.165) is 48.1 Å². The van der Waals surface area contributed by atoms with Crippen molar-refractivity contribution in [3.8, 4) is 0 Å². The molecule has 0 spiro atoms. The fourth-order valence-electron chi connectivity index (χ4n) is 4.13. The monoisotopic (exact) mass is 591 g/mol. The van der Waals surface area contributed by atoms with Gasteiger partial charge < -0.3 is 10.2 Å². The Morgan fingerprint density at radius 3 is 2.34 bits per heavy atom. The van der Waals surface area contributed by atoms with Gasteiger partial charge in [-0.05, 0) is 48.5 Å². The number of nitrogens with zero attached hydrogens (tertiary/aromatic N) is 3. The Balaban J connectivity index is 0.00000336. The molecule has 2 N–H and O–H groups in total. The van der Waals surface area contributed by atoms with Gasteiger partial charge in [0, 0.05) is 50.5 Å². The number of piperazine rings is 1. The molecule has 0 aliphatic carbocycles. The molecule has 0 bridgehead atoms. The van der Waals surface area contributed by atoms with E-state index in [9.17, 15) is 13.2 Å². The molecule has 8 nitrogen and oxygen atoms in total. The highest BCUT2D eigenvalue weighted by Crippen LogP contribution is 2.33. The summed E-state index contributed by atoms with van der Waals surface area (Å²) in [5.41, 5.74) is 1.73. The van der Waals surface area contributed by atoms with Crippen molar-refractivity contribution in [2.45, 2.75) is 4.90 Å². The molecule has 0 unspecified atom stereocenters. The zero-order valence-corrected chi connectivity index (χ0v) is 23.5. The topological polar surface area (TPSA) is 94.6 Å². The van der Waals surface area contributed by atoms with Crippen molar-refractivity contribution in [2.75, 3.05) is 48.9 Å². The van der Waals surface area contributed by atoms with Crippen LogP contribution >= 0.6 is 35.3 Å². The Bertz CT molecular complexity index is 1490. The van der Waals surface area contributed by atoms with Crippen LogP contribution in [0.15, 0.2) is 77.7 Å². The first-order valence-corrected chi connectivity index (χ1v) is 14.6. The van der Waals surface area contributed by atoms with E-state index in [1.54, 1.807) is 53.8 Å². The number of nitrogens with one attached hydrogen (secondary N) is 2. The molecule has 1 amide bonds. The number of carbonyl (C=O) groups is 1. The Morgan fingerprint density at radius 1 is 0.947 bits per heavy atom. The molecule has 200 valence electrons. The number of para-hydroxylation sites is 1. The number of halogens is 2. The predicted molar refractivity (Wildman–Crippen MR) is 157 cm³/mol. The van der Waals surface area contributed by atoms with Crippen molar-refractivity contribution in [1.82, 2.24) is 15.2 Å². The average Bonchev–Trinajstić information content (AvgIpc) is 3.36. The molecule has 1 aromatic heterocycles. The highest BCUT2D eigenvalue weighted by Gasteiger charge is 2.20. The van der Waals surface area contributed by atoms with Gasteiger partial charge in [-0.2, -0.15) is 0 Å². The van der Waals surface area contributed by atoms with Crippen LogP contribution in [-0.2, 0) is 10.0 Å². The van der Waals surface area contributed by atoms with E-state index in [1.807, 2.05) is 18.2 Å². The smallest absolute Gasteiger partial charge is 0.261 e. The van der Waals surface area contributed by atoms with Crippen LogP contribution in [0.4, 0.5) is 10.8 Å². The molecule has 0 atom stereocenters. The summed E-state index contributed by atoms with van der Waals surface area (Å²) < 4.78 is 28.5. The van der Waals surface area contributed by atoms with Gasteiger partial charge in [0.1, 0.15) is 5.52 Å². The summed E-state index contributed by atoms with van der Waals surface area (Å²) in [7, 11) is -3.67. The Morgan fingerprint density at radius 2 is 1.66 bits per heavy atom. The highest BCUT2D eigenvalue weighted by atomic mass is 35.5. The van der Waals surface area contributed by atoms with Gasteiger partial charge in [0.2, 0.25) is 0 Å². The van der Waals surface area contributed by atoms with Crippen molar-refractivity contribution < 1.29 is 13.2 Å².